The summed E-state index contributed by atoms with van der Waals surface area (Å²) in [5.41, 5.74) is 0.713. The predicted octanol–water partition coefficient (Wildman–Crippen LogP) is 5.78. The Balaban J connectivity index is 1.92. The summed E-state index contributed by atoms with van der Waals surface area (Å²) in [4.78, 5) is 70.9. The molecular weight excluding hydrogens is 772 g/mol. The minimum absolute atomic E-state index is 0.0454. The number of nitrogens with one attached hydrogen (secondary N) is 2. The molecule has 3 amide bonds. The molecule has 1 aromatic carbocycles. The third kappa shape index (κ3) is 12.9. The van der Waals surface area contributed by atoms with Crippen LogP contribution in [-0.2, 0) is 30.3 Å². The minimum atomic E-state index is -5.97. The van der Waals surface area contributed by atoms with Crippen LogP contribution in [-0.4, -0.2) is 107 Å². The van der Waals surface area contributed by atoms with Gasteiger partial charge in [-0.25, -0.2) is 4.98 Å². The number of carboxylic acid groups (broad SMARTS) is 1. The number of halogens is 6. The number of carbonyl (C=O) groups excluding carboxylic acids is 4. The van der Waals surface area contributed by atoms with Crippen LogP contribution in [0.5, 0.6) is 0 Å². The number of alkyl halides is 6. The summed E-state index contributed by atoms with van der Waals surface area (Å²) in [7, 11) is 2.53. The monoisotopic (exact) mass is 821 g/mol. The molecule has 6 atom stereocenters. The van der Waals surface area contributed by atoms with Gasteiger partial charge in [0, 0.05) is 37.9 Å². The van der Waals surface area contributed by atoms with Gasteiger partial charge in [0.1, 0.15) is 16.7 Å². The molecule has 0 saturated carbocycles. The van der Waals surface area contributed by atoms with Crippen molar-refractivity contribution in [1.29, 1.82) is 0 Å². The number of hydrogen-bond donors (Lipinski definition) is 3. The van der Waals surface area contributed by atoms with Crippen LogP contribution in [0, 0.1) is 17.8 Å². The van der Waals surface area contributed by atoms with E-state index in [9.17, 15) is 55.4 Å². The Morgan fingerprint density at radius 1 is 1.00 bits per heavy atom. The smallest absolute Gasteiger partial charge is 0.403 e. The molecule has 1 aliphatic rings. The number of benzene rings is 1. The van der Waals surface area contributed by atoms with E-state index in [2.05, 4.69) is 10.3 Å². The fraction of sp³-hybridized carbons (Fsp3) is 0.622. The first-order chi connectivity index (χ1) is 26.0. The molecule has 0 bridgehead atoms. The number of thiazole rings is 1. The molecule has 1 aromatic heterocycles. The number of nitrogens with zero attached hydrogens (tertiary/aromatic N) is 3. The molecule has 2 heterocycles. The van der Waals surface area contributed by atoms with E-state index in [0.717, 1.165) is 30.9 Å². The predicted molar refractivity (Wildman–Crippen MR) is 193 cm³/mol. The molecule has 1 fully saturated rings. The van der Waals surface area contributed by atoms with Crippen molar-refractivity contribution >= 4 is 41.0 Å². The number of aromatic nitrogens is 1. The lowest BCUT2D eigenvalue weighted by Crippen LogP contribution is -2.63. The second kappa shape index (κ2) is 19.7. The van der Waals surface area contributed by atoms with E-state index in [0.29, 0.717) is 30.7 Å². The Hall–Kier alpha value is -4.26. The number of hydrogen-bond acceptors (Lipinski definition) is 9. The highest BCUT2D eigenvalue weighted by molar-refractivity contribution is 7.09. The second-order valence-electron chi connectivity index (χ2n) is 14.5. The maximum Gasteiger partial charge on any atom is 0.403 e. The fourth-order valence-electron chi connectivity index (χ4n) is 6.80. The molecule has 0 spiro atoms. The zero-order valence-electron chi connectivity index (χ0n) is 31.9. The van der Waals surface area contributed by atoms with Crippen molar-refractivity contribution in [3.05, 3.63) is 52.0 Å². The van der Waals surface area contributed by atoms with E-state index >= 15 is 0 Å². The number of carbonyl (C=O) groups is 5. The van der Waals surface area contributed by atoms with E-state index in [1.54, 1.807) is 37.4 Å². The Labute approximate surface area is 325 Å². The van der Waals surface area contributed by atoms with Crippen molar-refractivity contribution in [3.8, 4) is 0 Å². The largest absolute Gasteiger partial charge is 0.481 e. The average molecular weight is 822 g/mol. The molecule has 56 heavy (non-hydrogen) atoms. The molecule has 1 saturated heterocycles. The zero-order valence-corrected chi connectivity index (χ0v) is 32.8. The summed E-state index contributed by atoms with van der Waals surface area (Å²) in [6.07, 6.45) is -11.9. The van der Waals surface area contributed by atoms with Crippen LogP contribution in [0.15, 0.2) is 35.7 Å². The maximum atomic E-state index is 14.2. The molecule has 19 heteroatoms. The Kier molecular flexibility index (Phi) is 16.3. The van der Waals surface area contributed by atoms with E-state index in [1.165, 1.54) is 24.3 Å². The van der Waals surface area contributed by atoms with Gasteiger partial charge in [0.2, 0.25) is 11.8 Å². The lowest BCUT2D eigenvalue weighted by atomic mass is 9.92. The first-order valence-corrected chi connectivity index (χ1v) is 19.0. The number of carboxylic acids is 1. The molecule has 3 N–H and O–H groups in total. The molecule has 3 rings (SSSR count). The minimum Gasteiger partial charge on any atom is -0.481 e. The summed E-state index contributed by atoms with van der Waals surface area (Å²) < 4.78 is 90.5. The molecule has 0 aliphatic carbocycles. The van der Waals surface area contributed by atoms with Crippen LogP contribution < -0.4 is 10.6 Å². The number of aliphatic carboxylic acids is 1. The number of likely N-dealkylation sites (N-methyl/N-ethyl adjacent to an activating group) is 2. The van der Waals surface area contributed by atoms with E-state index in [-0.39, 0.29) is 30.0 Å². The van der Waals surface area contributed by atoms with Gasteiger partial charge in [-0.1, -0.05) is 57.5 Å². The summed E-state index contributed by atoms with van der Waals surface area (Å²) in [6.45, 7) is 6.06. The average Bonchev–Trinajstić information content (AvgIpc) is 3.59. The molecule has 312 valence electrons. The van der Waals surface area contributed by atoms with Crippen LogP contribution in [0.3, 0.4) is 0 Å². The van der Waals surface area contributed by atoms with Crippen LogP contribution in [0.4, 0.5) is 26.3 Å². The van der Waals surface area contributed by atoms with Crippen LogP contribution in [0.25, 0.3) is 0 Å². The van der Waals surface area contributed by atoms with Gasteiger partial charge >= 0.3 is 24.3 Å². The number of esters is 1. The maximum absolute atomic E-state index is 14.2. The number of piperidine rings is 1. The number of amides is 3. The molecule has 0 radical (unpaired) electrons. The van der Waals surface area contributed by atoms with Crippen molar-refractivity contribution in [1.82, 2.24) is 25.4 Å². The fourth-order valence-corrected chi connectivity index (χ4v) is 7.64. The summed E-state index contributed by atoms with van der Waals surface area (Å²) in [5, 5.41) is 15.5. The molecule has 1 aliphatic heterocycles. The van der Waals surface area contributed by atoms with Crippen molar-refractivity contribution in [2.45, 2.75) is 109 Å². The highest BCUT2D eigenvalue weighted by Crippen LogP contribution is 2.42. The van der Waals surface area contributed by atoms with Gasteiger partial charge < -0.3 is 25.4 Å². The van der Waals surface area contributed by atoms with E-state index in [4.69, 9.17) is 4.74 Å². The first kappa shape index (κ1) is 46.1. The third-order valence-electron chi connectivity index (χ3n) is 9.80. The van der Waals surface area contributed by atoms with Crippen LogP contribution >= 0.6 is 11.3 Å². The van der Waals surface area contributed by atoms with Crippen molar-refractivity contribution in [2.24, 2.45) is 17.8 Å². The van der Waals surface area contributed by atoms with Crippen molar-refractivity contribution in [2.75, 3.05) is 20.6 Å². The quantitative estimate of drug-likeness (QED) is 0.133. The molecular formula is C37H49F6N5O7S. The number of ether oxygens (including phenoxy) is 1. The molecule has 12 nitrogen and oxygen atoms in total. The van der Waals surface area contributed by atoms with Gasteiger partial charge in [-0.3, -0.25) is 28.9 Å². The topological polar surface area (TPSA) is 158 Å². The third-order valence-corrected chi connectivity index (χ3v) is 10.7. The first-order valence-electron chi connectivity index (χ1n) is 18.1. The SMILES string of the molecule is CC(=O)OC(CC(C(C)C)N(C)C(=O)C(NC(=O)[C@H]1CCCCN1C)C(C(F)(F)F)C(F)(F)F)c1nc(C(=O)NC(Cc2ccccc2)CC(C)C(=O)O)cs1. The normalized spacial score (nSPS) is 18.1. The van der Waals surface area contributed by atoms with E-state index in [1.807, 2.05) is 12.1 Å². The van der Waals surface area contributed by atoms with E-state index < -0.39 is 90.0 Å². The van der Waals surface area contributed by atoms with Gasteiger partial charge in [0.15, 0.2) is 12.0 Å². The van der Waals surface area contributed by atoms with Gasteiger partial charge in [-0.2, -0.15) is 26.3 Å². The van der Waals surface area contributed by atoms with Gasteiger partial charge in [0.25, 0.3) is 5.91 Å². The van der Waals surface area contributed by atoms with Gasteiger partial charge in [0.05, 0.1) is 12.0 Å². The zero-order chi connectivity index (χ0) is 42.1. The lowest BCUT2D eigenvalue weighted by molar-refractivity contribution is -0.290. The summed E-state index contributed by atoms with van der Waals surface area (Å²) in [5.74, 6) is -11.0. The Morgan fingerprint density at radius 3 is 2.16 bits per heavy atom. The number of likely N-dealkylation sites (tertiary alicyclic amines) is 1. The van der Waals surface area contributed by atoms with Crippen LogP contribution in [0.2, 0.25) is 0 Å². The highest BCUT2D eigenvalue weighted by atomic mass is 32.1. The van der Waals surface area contributed by atoms with Gasteiger partial charge in [-0.05, 0) is 50.8 Å². The Morgan fingerprint density at radius 2 is 1.62 bits per heavy atom. The second-order valence-corrected chi connectivity index (χ2v) is 15.4. The van der Waals surface area contributed by atoms with Gasteiger partial charge in [-0.15, -0.1) is 11.3 Å². The molecule has 2 aromatic rings. The number of rotatable bonds is 17. The standard InChI is InChI=1S/C37H49F6N5O7S/c1-20(2)27(48(6)34(52)29(30(36(38,39)40)37(41,42)43)46-32(51)26-14-10-11-15-47(26)5)18-28(55-22(4)49)33-45-25(19-56-33)31(50)44-24(16-21(3)35(53)54)17-23-12-8-7-9-13-23/h7-9,12-13,19-21,24,26-30H,10-11,14-18H2,1-6H3,(H,44,50)(H,46,51)(H,53,54)/t21?,24?,26-,27?,28?,29?/m1/s1. The Bertz CT molecular complexity index is 1640. The van der Waals surface area contributed by atoms with Crippen LogP contribution in [0.1, 0.15) is 87.0 Å². The van der Waals surface area contributed by atoms with Crippen molar-refractivity contribution < 1.29 is 60.2 Å². The highest BCUT2D eigenvalue weighted by Gasteiger charge is 2.63. The summed E-state index contributed by atoms with van der Waals surface area (Å²) in [6, 6.07) is 3.12. The summed E-state index contributed by atoms with van der Waals surface area (Å²) >= 11 is 0.888. The lowest BCUT2D eigenvalue weighted by Gasteiger charge is -2.39. The molecule has 5 unspecified atom stereocenters. The van der Waals surface area contributed by atoms with Crippen molar-refractivity contribution in [3.63, 3.8) is 0 Å².